The molecular formula is C68H124N2O7P+. The molecule has 0 saturated heterocycles. The fraction of sp³-hybridized carbons (Fsp3) is 0.765. The van der Waals surface area contributed by atoms with Crippen molar-refractivity contribution in [1.82, 2.24) is 5.32 Å². The number of hydrogen-bond donors (Lipinski definition) is 2. The van der Waals surface area contributed by atoms with E-state index in [4.69, 9.17) is 13.8 Å². The molecule has 0 aliphatic rings. The topological polar surface area (TPSA) is 111 Å². The first-order valence-electron chi connectivity index (χ1n) is 32.4. The smallest absolute Gasteiger partial charge is 0.456 e. The van der Waals surface area contributed by atoms with Gasteiger partial charge in [-0.2, -0.15) is 0 Å². The minimum absolute atomic E-state index is 0.0292. The number of rotatable bonds is 58. The molecule has 0 aromatic heterocycles. The Hall–Kier alpha value is -2.81. The first kappa shape index (κ1) is 75.2. The van der Waals surface area contributed by atoms with Crippen LogP contribution in [-0.4, -0.2) is 74.3 Å². The maximum Gasteiger partial charge on any atom is 0.472 e. The molecule has 3 atom stereocenters. The summed E-state index contributed by atoms with van der Waals surface area (Å²) in [4.78, 5) is 37.7. The van der Waals surface area contributed by atoms with Crippen LogP contribution in [0.25, 0.3) is 0 Å². The molecule has 0 fully saturated rings. The third-order valence-corrected chi connectivity index (χ3v) is 15.0. The molecule has 2 N–H and O–H groups in total. The van der Waals surface area contributed by atoms with E-state index in [1.807, 2.05) is 33.3 Å². The molecule has 0 bridgehead atoms. The zero-order chi connectivity index (χ0) is 57.2. The van der Waals surface area contributed by atoms with Gasteiger partial charge in [-0.05, 0) is 102 Å². The number of carbonyl (C=O) groups is 2. The van der Waals surface area contributed by atoms with Crippen LogP contribution in [0, 0.1) is 0 Å². The van der Waals surface area contributed by atoms with Crippen LogP contribution in [0.1, 0.15) is 284 Å². The molecule has 0 saturated carbocycles. The normalized spacial score (nSPS) is 14.2. The number of allylic oxidation sites excluding steroid dienone is 13. The monoisotopic (exact) mass is 1110 g/mol. The molecule has 0 radical (unpaired) electrons. The quantitative estimate of drug-likeness (QED) is 0.0205. The van der Waals surface area contributed by atoms with Gasteiger partial charge in [0.1, 0.15) is 19.3 Å². The van der Waals surface area contributed by atoms with Crippen LogP contribution in [0.4, 0.5) is 0 Å². The Morgan fingerprint density at radius 1 is 0.449 bits per heavy atom. The number of quaternary nitrogens is 1. The van der Waals surface area contributed by atoms with Crippen molar-refractivity contribution in [3.63, 3.8) is 0 Å². The van der Waals surface area contributed by atoms with Crippen LogP contribution in [0.2, 0.25) is 0 Å². The number of carbonyl (C=O) groups excluding carboxylic acids is 2. The van der Waals surface area contributed by atoms with Gasteiger partial charge < -0.3 is 19.4 Å². The summed E-state index contributed by atoms with van der Waals surface area (Å²) in [5.41, 5.74) is 0. The molecule has 0 aromatic carbocycles. The average Bonchev–Trinajstić information content (AvgIpc) is 3.40. The van der Waals surface area contributed by atoms with Crippen LogP contribution in [0.5, 0.6) is 0 Å². The summed E-state index contributed by atoms with van der Waals surface area (Å²) in [5.74, 6) is -0.569. The van der Waals surface area contributed by atoms with E-state index in [9.17, 15) is 19.0 Å². The van der Waals surface area contributed by atoms with Gasteiger partial charge >= 0.3 is 13.8 Å². The van der Waals surface area contributed by atoms with Crippen LogP contribution in [-0.2, 0) is 27.9 Å². The van der Waals surface area contributed by atoms with Crippen molar-refractivity contribution in [1.29, 1.82) is 0 Å². The lowest BCUT2D eigenvalue weighted by molar-refractivity contribution is -0.870. The lowest BCUT2D eigenvalue weighted by atomic mass is 10.0. The molecule has 0 aliphatic heterocycles. The number of hydrogen-bond acceptors (Lipinski definition) is 6. The van der Waals surface area contributed by atoms with Crippen LogP contribution < -0.4 is 5.32 Å². The summed E-state index contributed by atoms with van der Waals surface area (Å²) >= 11 is 0. The predicted molar refractivity (Wildman–Crippen MR) is 337 cm³/mol. The number of unbranched alkanes of at least 4 members (excludes halogenated alkanes) is 30. The highest BCUT2D eigenvalue weighted by Crippen LogP contribution is 2.43. The average molecular weight is 1110 g/mol. The second-order valence-electron chi connectivity index (χ2n) is 22.9. The summed E-state index contributed by atoms with van der Waals surface area (Å²) in [6, 6.07) is -0.874. The highest BCUT2D eigenvalue weighted by molar-refractivity contribution is 7.47. The summed E-state index contributed by atoms with van der Waals surface area (Å²) in [5, 5.41) is 3.05. The zero-order valence-corrected chi connectivity index (χ0v) is 52.5. The van der Waals surface area contributed by atoms with Gasteiger partial charge in [-0.25, -0.2) is 4.57 Å². The fourth-order valence-electron chi connectivity index (χ4n) is 9.02. The predicted octanol–water partition coefficient (Wildman–Crippen LogP) is 20.2. The van der Waals surface area contributed by atoms with Crippen LogP contribution in [0.15, 0.2) is 85.1 Å². The Balaban J connectivity index is 5.23. The molecule has 0 aliphatic carbocycles. The summed E-state index contributed by atoms with van der Waals surface area (Å²) in [6.45, 7) is 6.93. The van der Waals surface area contributed by atoms with Crippen molar-refractivity contribution in [3.05, 3.63) is 85.1 Å². The van der Waals surface area contributed by atoms with Gasteiger partial charge in [-0.1, -0.05) is 254 Å². The number of phosphoric acid groups is 1. The number of ether oxygens (including phenoxy) is 1. The lowest BCUT2D eigenvalue weighted by Crippen LogP contribution is -2.47. The van der Waals surface area contributed by atoms with Gasteiger partial charge in [-0.15, -0.1) is 0 Å². The molecule has 1 amide bonds. The maximum atomic E-state index is 13.6. The molecule has 78 heavy (non-hydrogen) atoms. The number of nitrogens with one attached hydrogen (secondary N) is 1. The van der Waals surface area contributed by atoms with E-state index in [2.05, 4.69) is 99.0 Å². The summed E-state index contributed by atoms with van der Waals surface area (Å²) in [6.07, 6.45) is 75.9. The second kappa shape index (κ2) is 57.4. The van der Waals surface area contributed by atoms with E-state index in [0.29, 0.717) is 23.9 Å². The fourth-order valence-corrected chi connectivity index (χ4v) is 9.76. The Morgan fingerprint density at radius 2 is 0.795 bits per heavy atom. The molecular weight excluding hydrogens is 988 g/mol. The molecule has 0 rings (SSSR count). The summed E-state index contributed by atoms with van der Waals surface area (Å²) in [7, 11) is 1.46. The van der Waals surface area contributed by atoms with E-state index in [1.54, 1.807) is 0 Å². The van der Waals surface area contributed by atoms with Crippen molar-refractivity contribution in [2.24, 2.45) is 0 Å². The van der Waals surface area contributed by atoms with Gasteiger partial charge in [0, 0.05) is 12.8 Å². The minimum Gasteiger partial charge on any atom is -0.456 e. The van der Waals surface area contributed by atoms with Crippen LogP contribution in [0.3, 0.4) is 0 Å². The highest BCUT2D eigenvalue weighted by Gasteiger charge is 2.30. The van der Waals surface area contributed by atoms with Crippen molar-refractivity contribution >= 4 is 19.7 Å². The lowest BCUT2D eigenvalue weighted by Gasteiger charge is -2.27. The minimum atomic E-state index is -4.46. The van der Waals surface area contributed by atoms with Gasteiger partial charge in [0.05, 0.1) is 33.8 Å². The van der Waals surface area contributed by atoms with Gasteiger partial charge in [-0.3, -0.25) is 18.6 Å². The van der Waals surface area contributed by atoms with E-state index in [1.165, 1.54) is 173 Å². The molecule has 452 valence electrons. The molecule has 0 heterocycles. The maximum absolute atomic E-state index is 13.6. The number of amides is 1. The van der Waals surface area contributed by atoms with Crippen molar-refractivity contribution < 1.29 is 37.3 Å². The van der Waals surface area contributed by atoms with Gasteiger partial charge in [0.25, 0.3) is 0 Å². The first-order chi connectivity index (χ1) is 37.9. The Morgan fingerprint density at radius 3 is 1.22 bits per heavy atom. The molecule has 10 heteroatoms. The molecule has 9 nitrogen and oxygen atoms in total. The third kappa shape index (κ3) is 57.9. The van der Waals surface area contributed by atoms with E-state index >= 15 is 0 Å². The van der Waals surface area contributed by atoms with Gasteiger partial charge in [0.15, 0.2) is 0 Å². The Labute approximate surface area is 482 Å². The highest BCUT2D eigenvalue weighted by atomic mass is 31.2. The number of esters is 1. The largest absolute Gasteiger partial charge is 0.472 e. The Kier molecular flexibility index (Phi) is 55.4. The van der Waals surface area contributed by atoms with Gasteiger partial charge in [0.2, 0.25) is 5.91 Å². The third-order valence-electron chi connectivity index (χ3n) is 14.1. The van der Waals surface area contributed by atoms with Crippen molar-refractivity contribution in [2.45, 2.75) is 296 Å². The first-order valence-corrected chi connectivity index (χ1v) is 33.9. The second-order valence-corrected chi connectivity index (χ2v) is 24.4. The van der Waals surface area contributed by atoms with Crippen molar-refractivity contribution in [3.8, 4) is 0 Å². The molecule has 0 spiro atoms. The number of nitrogens with zero attached hydrogens (tertiary/aromatic N) is 1. The van der Waals surface area contributed by atoms with Crippen LogP contribution >= 0.6 is 7.82 Å². The standard InChI is InChI=1S/C68H123N2O7P/c1-7-10-13-16-19-22-25-28-30-32-33-34-35-36-37-39-40-42-45-48-51-54-57-60-67(71)69-65(64-76-78(73,74)75-63-62-70(4,5)6)66(59-56-53-50-47-44-27-24-21-18-15-12-9-3)77-68(72)61-58-55-52-49-46-43-41-38-31-29-26-23-20-17-14-11-8-2/h19-20,22-23,28-31,41,43,49,52,56,59,65-66H,7-18,21,24-27,32-40,42,44-48,50-51,53-55,57-58,60-64H2,1-6H3,(H-,69,71,73,74)/p+1/b22-19-,23-20-,30-28-,31-29-,43-41-,52-49-,59-56-. The van der Waals surface area contributed by atoms with E-state index in [-0.39, 0.29) is 31.5 Å². The SMILES string of the molecule is CCCCC/C=C\C/C=C\C/C=C\C/C=C\CCCC(=O)OC(/C=C\CCCCCCCCCCCC)C(COP(=O)(O)OCC[N+](C)(C)C)NC(=O)CCCCCCCCCCCCCCC/C=C\C/C=C\CCCCC. The molecule has 3 unspecified atom stereocenters. The van der Waals surface area contributed by atoms with E-state index < -0.39 is 20.0 Å². The van der Waals surface area contributed by atoms with Crippen molar-refractivity contribution in [2.75, 3.05) is 40.9 Å². The zero-order valence-electron chi connectivity index (χ0n) is 51.6. The molecule has 0 aromatic rings. The number of phosphoric ester groups is 1. The summed E-state index contributed by atoms with van der Waals surface area (Å²) < 4.78 is 30.7. The Bertz CT molecular complexity index is 1610. The van der Waals surface area contributed by atoms with E-state index in [0.717, 1.165) is 70.6 Å². The number of likely N-dealkylation sites (N-methyl/N-ethyl adjacent to an activating group) is 1.